The Kier molecular flexibility index (Phi) is 7.37. The molecule has 2 aliphatic heterocycles. The topological polar surface area (TPSA) is 284 Å². The second-order valence-electron chi connectivity index (χ2n) is 9.29. The molecule has 0 amide bonds. The molecule has 8 N–H and O–H groups in total. The zero-order chi connectivity index (χ0) is 29.9. The zero-order valence-corrected chi connectivity index (χ0v) is 22.6. The van der Waals surface area contributed by atoms with Crippen LogP contribution < -0.4 is 16.9 Å². The molecule has 6 heterocycles. The highest BCUT2D eigenvalue weighted by Crippen LogP contribution is 2.50. The lowest BCUT2D eigenvalue weighted by atomic mass is 10.1. The first-order valence-electron chi connectivity index (χ1n) is 12.1. The minimum Gasteiger partial charge on any atom is -0.394 e. The summed E-state index contributed by atoms with van der Waals surface area (Å²) in [5, 5.41) is 38.4. The van der Waals surface area contributed by atoms with Crippen LogP contribution in [0.5, 0.6) is 0 Å². The summed E-state index contributed by atoms with van der Waals surface area (Å²) < 4.78 is 39.2. The lowest BCUT2D eigenvalue weighted by molar-refractivity contribution is -0.0600. The molecule has 1 unspecified atom stereocenters. The average Bonchev–Trinajstić information content (AvgIpc) is 3.69. The third-order valence-electron chi connectivity index (χ3n) is 6.68. The van der Waals surface area contributed by atoms with Crippen molar-refractivity contribution in [3.05, 3.63) is 33.4 Å². The Labute approximate surface area is 236 Å². The Morgan fingerprint density at radius 1 is 1.12 bits per heavy atom. The molecular formula is C19H22FN10O10PS. The van der Waals surface area contributed by atoms with E-state index in [0.717, 1.165) is 21.9 Å². The molecule has 2 aliphatic rings. The Morgan fingerprint density at radius 3 is 2.64 bits per heavy atom. The van der Waals surface area contributed by atoms with Gasteiger partial charge in [0.1, 0.15) is 30.5 Å². The van der Waals surface area contributed by atoms with Gasteiger partial charge in [0.15, 0.2) is 41.0 Å². The van der Waals surface area contributed by atoms with Gasteiger partial charge < -0.3 is 44.9 Å². The van der Waals surface area contributed by atoms with Gasteiger partial charge in [0.25, 0.3) is 11.1 Å². The first-order valence-corrected chi connectivity index (χ1v) is 14.7. The summed E-state index contributed by atoms with van der Waals surface area (Å²) >= 11 is 5.08. The first-order chi connectivity index (χ1) is 20.0. The van der Waals surface area contributed by atoms with Gasteiger partial charge in [-0.05, 0) is 11.8 Å². The number of nitrogen functional groups attached to an aromatic ring is 1. The maximum Gasteiger partial charge on any atom is 0.325 e. The summed E-state index contributed by atoms with van der Waals surface area (Å²) in [5.41, 5.74) is 3.91. The van der Waals surface area contributed by atoms with Gasteiger partial charge in [0, 0.05) is 0 Å². The number of rotatable bonds is 8. The van der Waals surface area contributed by atoms with Gasteiger partial charge in [0.05, 0.1) is 25.9 Å². The quantitative estimate of drug-likeness (QED) is 0.0936. The number of aliphatic hydroxyl groups is 3. The fourth-order valence-electron chi connectivity index (χ4n) is 4.67. The van der Waals surface area contributed by atoms with Crippen LogP contribution in [0.4, 0.5) is 10.3 Å². The molecule has 20 nitrogen and oxygen atoms in total. The lowest BCUT2D eigenvalue weighted by Crippen LogP contribution is -2.36. The number of nitrogens with two attached hydrogens (primary N) is 1. The number of imidazole rings is 1. The van der Waals surface area contributed by atoms with Crippen LogP contribution in [0.25, 0.3) is 22.3 Å². The van der Waals surface area contributed by atoms with Gasteiger partial charge in [-0.2, -0.15) is 9.67 Å². The lowest BCUT2D eigenvalue weighted by Gasteiger charge is -2.26. The van der Waals surface area contributed by atoms with Crippen molar-refractivity contribution in [2.75, 3.05) is 18.9 Å². The van der Waals surface area contributed by atoms with E-state index >= 15 is 4.39 Å². The Balaban J connectivity index is 1.19. The SMILES string of the molecule is Nc1nc2c(nnn2[C@@H]2O[C@H](CO)[C@@H](O)[C@H]2OP(O)(=S)OC[C@H]2O[C@@H](n3cnc4c(=O)[nH]cnc43)[C@@H](F)[C@@H]2O)c(=O)[nH]1. The van der Waals surface area contributed by atoms with Crippen molar-refractivity contribution in [2.24, 2.45) is 0 Å². The average molecular weight is 632 g/mol. The number of anilines is 1. The molecule has 4 aromatic rings. The third kappa shape index (κ3) is 4.90. The normalized spacial score (nSPS) is 31.3. The van der Waals surface area contributed by atoms with Crippen molar-refractivity contribution < 1.29 is 43.1 Å². The number of aromatic amines is 2. The number of H-pyrrole nitrogens is 2. The molecule has 6 rings (SSSR count). The predicted octanol–water partition coefficient (Wildman–Crippen LogP) is -3.30. The van der Waals surface area contributed by atoms with Crippen LogP contribution in [0.15, 0.2) is 22.2 Å². The first kappa shape index (κ1) is 28.8. The van der Waals surface area contributed by atoms with Crippen molar-refractivity contribution in [1.29, 1.82) is 0 Å². The molecule has 9 atom stereocenters. The Bertz CT molecular complexity index is 1800. The van der Waals surface area contributed by atoms with Gasteiger partial charge >= 0.3 is 6.72 Å². The summed E-state index contributed by atoms with van der Waals surface area (Å²) in [4.78, 5) is 51.3. The minimum atomic E-state index is -4.31. The molecule has 0 radical (unpaired) electrons. The van der Waals surface area contributed by atoms with Gasteiger partial charge in [-0.3, -0.25) is 23.7 Å². The Hall–Kier alpha value is -3.31. The molecule has 0 spiro atoms. The third-order valence-corrected chi connectivity index (χ3v) is 8.24. The number of alkyl halides is 1. The minimum absolute atomic E-state index is 0.00866. The van der Waals surface area contributed by atoms with Crippen molar-refractivity contribution in [1.82, 2.24) is 44.5 Å². The van der Waals surface area contributed by atoms with E-state index in [1.807, 2.05) is 0 Å². The molecule has 0 aliphatic carbocycles. The molecule has 23 heteroatoms. The van der Waals surface area contributed by atoms with Crippen molar-refractivity contribution in [3.8, 4) is 0 Å². The van der Waals surface area contributed by atoms with E-state index in [1.165, 1.54) is 0 Å². The van der Waals surface area contributed by atoms with E-state index < -0.39 is 80.2 Å². The molecule has 0 saturated carbocycles. The van der Waals surface area contributed by atoms with Crippen LogP contribution in [0.3, 0.4) is 0 Å². The fraction of sp³-hybridized carbons (Fsp3) is 0.526. The smallest absolute Gasteiger partial charge is 0.325 e. The zero-order valence-electron chi connectivity index (χ0n) is 20.9. The molecule has 2 fully saturated rings. The van der Waals surface area contributed by atoms with Crippen LogP contribution in [0.2, 0.25) is 0 Å². The molecule has 42 heavy (non-hydrogen) atoms. The largest absolute Gasteiger partial charge is 0.394 e. The molecule has 0 bridgehead atoms. The predicted molar refractivity (Wildman–Crippen MR) is 138 cm³/mol. The van der Waals surface area contributed by atoms with Gasteiger partial charge in [-0.15, -0.1) is 5.10 Å². The number of aromatic nitrogens is 9. The van der Waals surface area contributed by atoms with Crippen molar-refractivity contribution >= 4 is 46.8 Å². The highest BCUT2D eigenvalue weighted by molar-refractivity contribution is 8.07. The number of fused-ring (bicyclic) bond motifs is 2. The maximum absolute atomic E-state index is 15.1. The summed E-state index contributed by atoms with van der Waals surface area (Å²) in [7, 11) is 0. The molecule has 226 valence electrons. The van der Waals surface area contributed by atoms with Crippen molar-refractivity contribution in [2.45, 2.75) is 49.1 Å². The number of ether oxygens (including phenoxy) is 2. The van der Waals surface area contributed by atoms with E-state index in [1.54, 1.807) is 0 Å². The van der Waals surface area contributed by atoms with Crippen molar-refractivity contribution in [3.63, 3.8) is 0 Å². The number of aliphatic hydroxyl groups excluding tert-OH is 3. The monoisotopic (exact) mass is 632 g/mol. The maximum atomic E-state index is 15.1. The number of hydrogen-bond donors (Lipinski definition) is 7. The number of nitrogens with zero attached hydrogens (tertiary/aromatic N) is 7. The second-order valence-corrected chi connectivity index (χ2v) is 12.1. The van der Waals surface area contributed by atoms with Gasteiger partial charge in [-0.25, -0.2) is 14.4 Å². The fourth-order valence-corrected chi connectivity index (χ4v) is 6.09. The molecule has 4 aromatic heterocycles. The number of hydrogen-bond acceptors (Lipinski definition) is 16. The summed E-state index contributed by atoms with van der Waals surface area (Å²) in [5.74, 6) is -0.271. The Morgan fingerprint density at radius 2 is 1.88 bits per heavy atom. The van der Waals surface area contributed by atoms with E-state index in [4.69, 9.17) is 36.1 Å². The summed E-state index contributed by atoms with van der Waals surface area (Å²) in [6.07, 6.45) is -10.2. The molecule has 0 aromatic carbocycles. The van der Waals surface area contributed by atoms with E-state index in [9.17, 15) is 29.8 Å². The van der Waals surface area contributed by atoms with Crippen LogP contribution in [-0.4, -0.2) is 115 Å². The standard InChI is InChI=1S/C19H22FN10O10PS/c20-7-10(32)6(39-17(7)29-4-24-8-13(29)22-3-23-15(8)34)2-37-41(36,42)40-12-11(33)5(1-31)38-18(12)30-14-9(27-28-30)16(35)26-19(21)25-14/h3-7,10-12,17-18,31-33H,1-2H2,(H,36,42)(H,22,23,34)(H3,21,25,26,35)/t5-,6-,7+,10-,11-,12-,17-,18-,41?/m1/s1. The number of nitrogens with one attached hydrogen (secondary N) is 2. The highest BCUT2D eigenvalue weighted by Gasteiger charge is 2.50. The van der Waals surface area contributed by atoms with E-state index in [2.05, 4.69) is 35.2 Å². The van der Waals surface area contributed by atoms with Crippen LogP contribution in [0, 0.1) is 0 Å². The van der Waals surface area contributed by atoms with E-state index in [-0.39, 0.29) is 28.3 Å². The van der Waals surface area contributed by atoms with Gasteiger partial charge in [-0.1, -0.05) is 5.21 Å². The van der Waals surface area contributed by atoms with Crippen LogP contribution >= 0.6 is 6.72 Å². The number of halogens is 1. The molecular weight excluding hydrogens is 610 g/mol. The van der Waals surface area contributed by atoms with Crippen LogP contribution in [-0.2, 0) is 30.3 Å². The summed E-state index contributed by atoms with van der Waals surface area (Å²) in [6.45, 7) is -5.65. The highest BCUT2D eigenvalue weighted by atomic mass is 32.5. The van der Waals surface area contributed by atoms with Crippen LogP contribution in [0.1, 0.15) is 12.5 Å². The summed E-state index contributed by atoms with van der Waals surface area (Å²) in [6, 6.07) is 0. The van der Waals surface area contributed by atoms with E-state index in [0.29, 0.717) is 0 Å². The second kappa shape index (κ2) is 10.8. The molecule has 2 saturated heterocycles. The van der Waals surface area contributed by atoms with Gasteiger partial charge in [0.2, 0.25) is 5.95 Å².